The van der Waals surface area contributed by atoms with Gasteiger partial charge in [-0.05, 0) is 25.1 Å². The van der Waals surface area contributed by atoms with Gasteiger partial charge in [-0.25, -0.2) is 9.50 Å². The molecule has 0 spiro atoms. The second kappa shape index (κ2) is 4.94. The lowest BCUT2D eigenvalue weighted by Crippen LogP contribution is -2.12. The first-order chi connectivity index (χ1) is 9.61. The van der Waals surface area contributed by atoms with Crippen LogP contribution in [-0.2, 0) is 0 Å². The fraction of sp³-hybridized carbons (Fsp3) is 0.0714. The van der Waals surface area contributed by atoms with Crippen molar-refractivity contribution in [3.05, 3.63) is 59.0 Å². The average molecular weight is 287 g/mol. The summed E-state index contributed by atoms with van der Waals surface area (Å²) >= 11 is 5.87. The van der Waals surface area contributed by atoms with Crippen molar-refractivity contribution in [2.75, 3.05) is 5.32 Å². The highest BCUT2D eigenvalue weighted by molar-refractivity contribution is 6.31. The predicted molar refractivity (Wildman–Crippen MR) is 77.1 cm³/mol. The van der Waals surface area contributed by atoms with Crippen LogP contribution in [0, 0.1) is 6.92 Å². The van der Waals surface area contributed by atoms with Crippen LogP contribution in [0.1, 0.15) is 16.1 Å². The first-order valence-electron chi connectivity index (χ1n) is 6.01. The number of hydrogen-bond acceptors (Lipinski definition) is 3. The van der Waals surface area contributed by atoms with Gasteiger partial charge in [0.1, 0.15) is 0 Å². The average Bonchev–Trinajstić information content (AvgIpc) is 2.78. The van der Waals surface area contributed by atoms with E-state index in [1.54, 1.807) is 41.2 Å². The number of rotatable bonds is 2. The molecular formula is C14H11ClN4O. The molecule has 0 bridgehead atoms. The highest BCUT2D eigenvalue weighted by Crippen LogP contribution is 2.14. The molecule has 0 saturated carbocycles. The zero-order valence-corrected chi connectivity index (χ0v) is 11.4. The summed E-state index contributed by atoms with van der Waals surface area (Å²) in [6.07, 6.45) is 3.32. The number of nitrogens with zero attached hydrogens (tertiary/aromatic N) is 3. The van der Waals surface area contributed by atoms with Gasteiger partial charge in [0.2, 0.25) is 0 Å². The molecule has 1 N–H and O–H groups in total. The van der Waals surface area contributed by atoms with E-state index in [0.29, 0.717) is 16.3 Å². The Labute approximate surface area is 120 Å². The van der Waals surface area contributed by atoms with Crippen molar-refractivity contribution in [3.8, 4) is 0 Å². The first kappa shape index (κ1) is 12.6. The number of benzene rings is 1. The number of carbonyl (C=O) groups is 1. The number of nitrogens with one attached hydrogen (secondary N) is 1. The van der Waals surface area contributed by atoms with Crippen LogP contribution in [0.15, 0.2) is 42.7 Å². The summed E-state index contributed by atoms with van der Waals surface area (Å²) in [4.78, 5) is 16.3. The summed E-state index contributed by atoms with van der Waals surface area (Å²) < 4.78 is 1.63. The maximum atomic E-state index is 12.1. The van der Waals surface area contributed by atoms with Gasteiger partial charge in [0.15, 0.2) is 5.65 Å². The smallest absolute Gasteiger partial charge is 0.255 e. The molecule has 2 aromatic heterocycles. The van der Waals surface area contributed by atoms with Crippen molar-refractivity contribution in [1.29, 1.82) is 0 Å². The highest BCUT2D eigenvalue weighted by atomic mass is 35.5. The Morgan fingerprint density at radius 2 is 2.20 bits per heavy atom. The van der Waals surface area contributed by atoms with Crippen molar-refractivity contribution in [1.82, 2.24) is 14.6 Å². The van der Waals surface area contributed by atoms with Gasteiger partial charge in [0, 0.05) is 16.7 Å². The van der Waals surface area contributed by atoms with Gasteiger partial charge in [0.25, 0.3) is 5.91 Å². The molecule has 100 valence electrons. The van der Waals surface area contributed by atoms with E-state index in [1.807, 2.05) is 13.0 Å². The van der Waals surface area contributed by atoms with Crippen LogP contribution in [0.4, 0.5) is 5.69 Å². The van der Waals surface area contributed by atoms with E-state index in [0.717, 1.165) is 11.3 Å². The lowest BCUT2D eigenvalue weighted by molar-refractivity contribution is 0.102. The summed E-state index contributed by atoms with van der Waals surface area (Å²) in [5.41, 5.74) is 2.68. The minimum atomic E-state index is -0.238. The third-order valence-corrected chi connectivity index (χ3v) is 3.02. The number of carbonyl (C=O) groups excluding carboxylic acids is 1. The molecule has 3 rings (SSSR count). The van der Waals surface area contributed by atoms with E-state index >= 15 is 0 Å². The van der Waals surface area contributed by atoms with Crippen LogP contribution in [0.5, 0.6) is 0 Å². The molecule has 0 aliphatic heterocycles. The first-order valence-corrected chi connectivity index (χ1v) is 6.38. The summed E-state index contributed by atoms with van der Waals surface area (Å²) in [5.74, 6) is -0.238. The second-order valence-electron chi connectivity index (χ2n) is 4.40. The zero-order chi connectivity index (χ0) is 14.1. The van der Waals surface area contributed by atoms with Gasteiger partial charge in [-0.15, -0.1) is 0 Å². The summed E-state index contributed by atoms with van der Waals surface area (Å²) in [5, 5.41) is 7.54. The fourth-order valence-electron chi connectivity index (χ4n) is 1.89. The normalized spacial score (nSPS) is 10.7. The molecule has 1 aromatic carbocycles. The summed E-state index contributed by atoms with van der Waals surface area (Å²) in [7, 11) is 0. The molecule has 0 saturated heterocycles. The number of hydrogen-bond donors (Lipinski definition) is 1. The molecule has 3 aromatic rings. The number of aryl methyl sites for hydroxylation is 1. The Morgan fingerprint density at radius 3 is 3.00 bits per heavy atom. The topological polar surface area (TPSA) is 59.3 Å². The Bertz CT molecular complexity index is 797. The molecule has 6 heteroatoms. The van der Waals surface area contributed by atoms with Gasteiger partial charge >= 0.3 is 0 Å². The molecular weight excluding hydrogens is 276 g/mol. The van der Waals surface area contributed by atoms with Crippen molar-refractivity contribution < 1.29 is 4.79 Å². The lowest BCUT2D eigenvalue weighted by atomic mass is 10.2. The maximum Gasteiger partial charge on any atom is 0.255 e. The van der Waals surface area contributed by atoms with Gasteiger partial charge in [-0.1, -0.05) is 17.7 Å². The molecule has 0 unspecified atom stereocenters. The van der Waals surface area contributed by atoms with E-state index in [1.165, 1.54) is 0 Å². The third kappa shape index (κ3) is 2.48. The standard InChI is InChI=1S/C14H11ClN4O/c1-9-5-13-16-7-12(8-19(13)18-9)17-14(20)10-3-2-4-11(15)6-10/h2-8H,1H3,(H,17,20). The van der Waals surface area contributed by atoms with Crippen LogP contribution in [-0.4, -0.2) is 20.5 Å². The molecule has 5 nitrogen and oxygen atoms in total. The Morgan fingerprint density at radius 1 is 1.35 bits per heavy atom. The lowest BCUT2D eigenvalue weighted by Gasteiger charge is -2.05. The third-order valence-electron chi connectivity index (χ3n) is 2.78. The van der Waals surface area contributed by atoms with E-state index in [4.69, 9.17) is 11.6 Å². The number of fused-ring (bicyclic) bond motifs is 1. The monoisotopic (exact) mass is 286 g/mol. The Balaban J connectivity index is 1.87. The molecule has 0 radical (unpaired) electrons. The van der Waals surface area contributed by atoms with Gasteiger partial charge in [-0.2, -0.15) is 5.10 Å². The Kier molecular flexibility index (Phi) is 3.12. The van der Waals surface area contributed by atoms with E-state index < -0.39 is 0 Å². The minimum Gasteiger partial charge on any atom is -0.319 e. The van der Waals surface area contributed by atoms with Gasteiger partial charge in [-0.3, -0.25) is 4.79 Å². The largest absolute Gasteiger partial charge is 0.319 e. The molecule has 0 atom stereocenters. The predicted octanol–water partition coefficient (Wildman–Crippen LogP) is 2.94. The van der Waals surface area contributed by atoms with E-state index in [2.05, 4.69) is 15.4 Å². The molecule has 2 heterocycles. The molecule has 0 aliphatic carbocycles. The van der Waals surface area contributed by atoms with Gasteiger partial charge < -0.3 is 5.32 Å². The minimum absolute atomic E-state index is 0.238. The van der Waals surface area contributed by atoms with Crippen LogP contribution in [0.3, 0.4) is 0 Å². The number of halogens is 1. The van der Waals surface area contributed by atoms with Crippen LogP contribution in [0.2, 0.25) is 5.02 Å². The zero-order valence-electron chi connectivity index (χ0n) is 10.7. The molecule has 0 fully saturated rings. The number of aromatic nitrogens is 3. The number of amides is 1. The van der Waals surface area contributed by atoms with Crippen molar-refractivity contribution >= 4 is 28.8 Å². The maximum absolute atomic E-state index is 12.1. The second-order valence-corrected chi connectivity index (χ2v) is 4.83. The van der Waals surface area contributed by atoms with Crippen LogP contribution >= 0.6 is 11.6 Å². The van der Waals surface area contributed by atoms with Crippen molar-refractivity contribution in [3.63, 3.8) is 0 Å². The highest BCUT2D eigenvalue weighted by Gasteiger charge is 2.08. The van der Waals surface area contributed by atoms with Crippen LogP contribution < -0.4 is 5.32 Å². The van der Waals surface area contributed by atoms with Crippen molar-refractivity contribution in [2.45, 2.75) is 6.92 Å². The van der Waals surface area contributed by atoms with Gasteiger partial charge in [0.05, 0.1) is 23.8 Å². The molecule has 0 aliphatic rings. The molecule has 20 heavy (non-hydrogen) atoms. The Hall–Kier alpha value is -2.40. The number of anilines is 1. The quantitative estimate of drug-likeness (QED) is 0.788. The van der Waals surface area contributed by atoms with Crippen LogP contribution in [0.25, 0.3) is 5.65 Å². The summed E-state index contributed by atoms with van der Waals surface area (Å²) in [6.45, 7) is 1.89. The fourth-order valence-corrected chi connectivity index (χ4v) is 2.08. The van der Waals surface area contributed by atoms with E-state index in [9.17, 15) is 4.79 Å². The summed E-state index contributed by atoms with van der Waals surface area (Å²) in [6, 6.07) is 8.63. The SMILES string of the molecule is Cc1cc2ncc(NC(=O)c3cccc(Cl)c3)cn2n1. The van der Waals surface area contributed by atoms with E-state index in [-0.39, 0.29) is 5.91 Å². The van der Waals surface area contributed by atoms with Crippen molar-refractivity contribution in [2.24, 2.45) is 0 Å². The molecule has 1 amide bonds.